The molecule has 0 radical (unpaired) electrons. The topological polar surface area (TPSA) is 74.3 Å². The highest BCUT2D eigenvalue weighted by Crippen LogP contribution is 2.42. The second-order valence-corrected chi connectivity index (χ2v) is 5.87. The van der Waals surface area contributed by atoms with Crippen molar-refractivity contribution in [2.24, 2.45) is 15.7 Å². The van der Waals surface area contributed by atoms with Gasteiger partial charge in [0.1, 0.15) is 0 Å². The van der Waals surface area contributed by atoms with Crippen LogP contribution in [0.15, 0.2) is 34.3 Å². The number of aryl methyl sites for hydroxylation is 1. The molecule has 2 aliphatic heterocycles. The molecule has 1 fully saturated rings. The van der Waals surface area contributed by atoms with E-state index in [9.17, 15) is 4.79 Å². The van der Waals surface area contributed by atoms with E-state index in [1.165, 1.54) is 5.56 Å². The van der Waals surface area contributed by atoms with E-state index in [4.69, 9.17) is 10.7 Å². The Bertz CT molecular complexity index is 662. The third kappa shape index (κ3) is 2.06. The predicted octanol–water partition coefficient (Wildman–Crippen LogP) is 1.27. The van der Waals surface area contributed by atoms with Crippen LogP contribution in [0.2, 0.25) is 0 Å². The number of carbonyl (C=O) groups is 1. The lowest BCUT2D eigenvalue weighted by Gasteiger charge is -2.38. The SMILES string of the molecule is CCc1ccc(C23CCC(=O)N2C(N)=NC(N(C)C)=N3)cc1. The van der Waals surface area contributed by atoms with E-state index in [2.05, 4.69) is 24.0 Å². The monoisotopic (exact) mass is 299 g/mol. The van der Waals surface area contributed by atoms with E-state index in [1.807, 2.05) is 31.1 Å². The lowest BCUT2D eigenvalue weighted by molar-refractivity contribution is -0.126. The Kier molecular flexibility index (Phi) is 3.39. The number of rotatable bonds is 2. The summed E-state index contributed by atoms with van der Waals surface area (Å²) in [5.74, 6) is 0.742. The maximum absolute atomic E-state index is 12.3. The van der Waals surface area contributed by atoms with Gasteiger partial charge >= 0.3 is 0 Å². The first-order valence-corrected chi connectivity index (χ1v) is 7.52. The summed E-state index contributed by atoms with van der Waals surface area (Å²) in [6, 6.07) is 8.25. The highest BCUT2D eigenvalue weighted by Gasteiger charge is 2.51. The number of hydrogen-bond donors (Lipinski definition) is 1. The van der Waals surface area contributed by atoms with Crippen molar-refractivity contribution in [3.63, 3.8) is 0 Å². The zero-order chi connectivity index (χ0) is 15.9. The van der Waals surface area contributed by atoms with Crippen LogP contribution in [0, 0.1) is 0 Å². The van der Waals surface area contributed by atoms with E-state index in [0.717, 1.165) is 12.0 Å². The average Bonchev–Trinajstić information content (AvgIpc) is 2.86. The molecule has 22 heavy (non-hydrogen) atoms. The number of carbonyl (C=O) groups excluding carboxylic acids is 1. The smallest absolute Gasteiger partial charge is 0.231 e. The van der Waals surface area contributed by atoms with E-state index in [1.54, 1.807) is 4.90 Å². The van der Waals surface area contributed by atoms with Gasteiger partial charge in [-0.2, -0.15) is 4.99 Å². The molecule has 0 aliphatic carbocycles. The second kappa shape index (κ2) is 5.12. The van der Waals surface area contributed by atoms with Crippen molar-refractivity contribution in [2.75, 3.05) is 14.1 Å². The van der Waals surface area contributed by atoms with Crippen LogP contribution in [0.25, 0.3) is 0 Å². The molecular formula is C16H21N5O. The third-order valence-electron chi connectivity index (χ3n) is 4.26. The maximum Gasteiger partial charge on any atom is 0.231 e. The zero-order valence-corrected chi connectivity index (χ0v) is 13.2. The summed E-state index contributed by atoms with van der Waals surface area (Å²) in [6.45, 7) is 2.12. The average molecular weight is 299 g/mol. The quantitative estimate of drug-likeness (QED) is 0.893. The van der Waals surface area contributed by atoms with E-state index in [-0.39, 0.29) is 11.9 Å². The van der Waals surface area contributed by atoms with Crippen LogP contribution in [0.3, 0.4) is 0 Å². The van der Waals surface area contributed by atoms with Crippen LogP contribution in [0.4, 0.5) is 0 Å². The molecule has 0 bridgehead atoms. The van der Waals surface area contributed by atoms with Crippen LogP contribution in [-0.4, -0.2) is 41.7 Å². The van der Waals surface area contributed by atoms with Crippen molar-refractivity contribution < 1.29 is 4.79 Å². The Labute approximate surface area is 130 Å². The van der Waals surface area contributed by atoms with Crippen LogP contribution in [-0.2, 0) is 16.9 Å². The number of nitrogens with two attached hydrogens (primary N) is 1. The standard InChI is InChI=1S/C16H21N5O/c1-4-11-5-7-12(8-6-11)16-10-9-13(22)21(16)14(17)18-15(19-16)20(2)3/h5-8H,4,9-10H2,1-3H3,(H2,17,18,19). The minimum absolute atomic E-state index is 0.0256. The Balaban J connectivity index is 2.14. The van der Waals surface area contributed by atoms with Crippen LogP contribution < -0.4 is 5.73 Å². The van der Waals surface area contributed by atoms with Gasteiger partial charge in [0.15, 0.2) is 5.66 Å². The van der Waals surface area contributed by atoms with Gasteiger partial charge in [0.05, 0.1) is 0 Å². The molecular weight excluding hydrogens is 278 g/mol. The molecule has 1 amide bonds. The number of nitrogens with zero attached hydrogens (tertiary/aromatic N) is 4. The molecule has 1 atom stereocenters. The Hall–Kier alpha value is -2.37. The van der Waals surface area contributed by atoms with Gasteiger partial charge in [-0.3, -0.25) is 9.69 Å². The Morgan fingerprint density at radius 1 is 1.32 bits per heavy atom. The largest absolute Gasteiger partial charge is 0.369 e. The first kappa shape index (κ1) is 14.6. The summed E-state index contributed by atoms with van der Waals surface area (Å²) < 4.78 is 0. The van der Waals surface area contributed by atoms with Crippen molar-refractivity contribution in [3.8, 4) is 0 Å². The second-order valence-electron chi connectivity index (χ2n) is 5.87. The van der Waals surface area contributed by atoms with E-state index >= 15 is 0 Å². The number of amides is 1. The van der Waals surface area contributed by atoms with Gasteiger partial charge in [-0.25, -0.2) is 4.99 Å². The minimum Gasteiger partial charge on any atom is -0.369 e. The summed E-state index contributed by atoms with van der Waals surface area (Å²) in [4.78, 5) is 24.7. The first-order chi connectivity index (χ1) is 10.5. The number of benzene rings is 1. The lowest BCUT2D eigenvalue weighted by atomic mass is 9.95. The predicted molar refractivity (Wildman–Crippen MR) is 86.3 cm³/mol. The molecule has 1 unspecified atom stereocenters. The van der Waals surface area contributed by atoms with Crippen molar-refractivity contribution in [1.29, 1.82) is 0 Å². The van der Waals surface area contributed by atoms with E-state index < -0.39 is 5.66 Å². The van der Waals surface area contributed by atoms with Gasteiger partial charge in [-0.1, -0.05) is 31.2 Å². The molecule has 2 N–H and O–H groups in total. The molecule has 3 rings (SSSR count). The van der Waals surface area contributed by atoms with Crippen LogP contribution >= 0.6 is 0 Å². The van der Waals surface area contributed by atoms with Gasteiger partial charge in [0.25, 0.3) is 0 Å². The van der Waals surface area contributed by atoms with Gasteiger partial charge in [0.2, 0.25) is 17.8 Å². The summed E-state index contributed by atoms with van der Waals surface area (Å²) >= 11 is 0. The number of aliphatic imine (C=N–C) groups is 2. The Morgan fingerprint density at radius 2 is 2.00 bits per heavy atom. The molecule has 1 aromatic rings. The summed E-state index contributed by atoms with van der Waals surface area (Å²) in [5, 5.41) is 0. The molecule has 2 aliphatic rings. The molecule has 6 heteroatoms. The molecule has 0 spiro atoms. The van der Waals surface area contributed by atoms with Crippen molar-refractivity contribution in [1.82, 2.24) is 9.80 Å². The summed E-state index contributed by atoms with van der Waals surface area (Å²) in [7, 11) is 3.74. The molecule has 0 aromatic heterocycles. The number of fused-ring (bicyclic) bond motifs is 1. The maximum atomic E-state index is 12.3. The molecule has 1 aromatic carbocycles. The summed E-state index contributed by atoms with van der Waals surface area (Å²) in [6.07, 6.45) is 2.02. The van der Waals surface area contributed by atoms with Crippen molar-refractivity contribution in [2.45, 2.75) is 31.8 Å². The third-order valence-corrected chi connectivity index (χ3v) is 4.26. The molecule has 116 valence electrons. The van der Waals surface area contributed by atoms with Crippen molar-refractivity contribution in [3.05, 3.63) is 35.4 Å². The fraction of sp³-hybridized carbons (Fsp3) is 0.438. The number of guanidine groups is 2. The normalized spacial score (nSPS) is 24.0. The van der Waals surface area contributed by atoms with Gasteiger partial charge < -0.3 is 10.6 Å². The summed E-state index contributed by atoms with van der Waals surface area (Å²) in [5.41, 5.74) is 7.54. The fourth-order valence-corrected chi connectivity index (χ4v) is 3.02. The van der Waals surface area contributed by atoms with Crippen molar-refractivity contribution >= 4 is 17.8 Å². The van der Waals surface area contributed by atoms with Gasteiger partial charge in [0, 0.05) is 32.5 Å². The van der Waals surface area contributed by atoms with Gasteiger partial charge in [-0.05, 0) is 12.0 Å². The minimum atomic E-state index is -0.755. The molecule has 1 saturated heterocycles. The number of hydrogen-bond acceptors (Lipinski definition) is 5. The molecule has 6 nitrogen and oxygen atoms in total. The highest BCUT2D eigenvalue weighted by molar-refractivity contribution is 6.06. The molecule has 0 saturated carbocycles. The lowest BCUT2D eigenvalue weighted by Crippen LogP contribution is -2.53. The first-order valence-electron chi connectivity index (χ1n) is 7.52. The van der Waals surface area contributed by atoms with Crippen LogP contribution in [0.5, 0.6) is 0 Å². The van der Waals surface area contributed by atoms with Crippen LogP contribution in [0.1, 0.15) is 30.9 Å². The fourth-order valence-electron chi connectivity index (χ4n) is 3.02. The Morgan fingerprint density at radius 3 is 2.59 bits per heavy atom. The van der Waals surface area contributed by atoms with Gasteiger partial charge in [-0.15, -0.1) is 0 Å². The van der Waals surface area contributed by atoms with E-state index in [0.29, 0.717) is 18.8 Å². The highest BCUT2D eigenvalue weighted by atomic mass is 16.2. The molecule has 2 heterocycles. The zero-order valence-electron chi connectivity index (χ0n) is 13.2.